The average molecular weight is 249 g/mol. The smallest absolute Gasteiger partial charge is 0.321 e. The third kappa shape index (κ3) is 7.67. The average Bonchev–Trinajstić information content (AvgIpc) is 2.13. The highest BCUT2D eigenvalue weighted by atomic mass is 16.6. The Morgan fingerprint density at radius 1 is 1.35 bits per heavy atom. The standard InChI is InChI=1S/C10H19NO6/c1-10(2,3)17-9(15)11-6(8(13)14)5-7(12)16-4/h6,9,11,15H,5H2,1-4H3,(H,13,14)/t6-,9?/m0/s1. The van der Waals surface area contributed by atoms with Gasteiger partial charge in [-0.25, -0.2) is 0 Å². The van der Waals surface area contributed by atoms with Crippen LogP contribution in [0.3, 0.4) is 0 Å². The third-order valence-corrected chi connectivity index (χ3v) is 1.71. The first kappa shape index (κ1) is 15.8. The van der Waals surface area contributed by atoms with Crippen molar-refractivity contribution in [2.24, 2.45) is 0 Å². The van der Waals surface area contributed by atoms with E-state index in [1.807, 2.05) is 0 Å². The van der Waals surface area contributed by atoms with Crippen LogP contribution in [0.5, 0.6) is 0 Å². The lowest BCUT2D eigenvalue weighted by atomic mass is 10.2. The second-order valence-electron chi connectivity index (χ2n) is 4.42. The fraction of sp³-hybridized carbons (Fsp3) is 0.800. The Kier molecular flexibility index (Phi) is 6.08. The Hall–Kier alpha value is -1.18. The van der Waals surface area contributed by atoms with Crippen molar-refractivity contribution in [3.8, 4) is 0 Å². The number of nitrogens with one attached hydrogen (secondary N) is 1. The van der Waals surface area contributed by atoms with Crippen LogP contribution in [0, 0.1) is 0 Å². The van der Waals surface area contributed by atoms with Gasteiger partial charge >= 0.3 is 11.9 Å². The normalized spacial score (nSPS) is 15.1. The summed E-state index contributed by atoms with van der Waals surface area (Å²) in [6.45, 7) is 5.11. The summed E-state index contributed by atoms with van der Waals surface area (Å²) in [7, 11) is 1.16. The predicted molar refractivity (Wildman–Crippen MR) is 58.0 cm³/mol. The number of esters is 1. The number of ether oxygens (including phenoxy) is 2. The van der Waals surface area contributed by atoms with Gasteiger partial charge in [-0.2, -0.15) is 0 Å². The summed E-state index contributed by atoms with van der Waals surface area (Å²) in [5, 5.41) is 20.5. The molecule has 0 saturated heterocycles. The zero-order valence-corrected chi connectivity index (χ0v) is 10.4. The number of carboxylic acid groups (broad SMARTS) is 1. The predicted octanol–water partition coefficient (Wildman–Crippen LogP) is -0.317. The molecule has 0 aromatic rings. The molecule has 0 heterocycles. The fourth-order valence-corrected chi connectivity index (χ4v) is 1.01. The number of hydrogen-bond donors (Lipinski definition) is 3. The Bertz CT molecular complexity index is 272. The summed E-state index contributed by atoms with van der Waals surface area (Å²) < 4.78 is 9.41. The monoisotopic (exact) mass is 249 g/mol. The number of methoxy groups -OCH3 is 1. The minimum Gasteiger partial charge on any atom is -0.480 e. The maximum Gasteiger partial charge on any atom is 0.321 e. The number of aliphatic hydroxyl groups is 1. The van der Waals surface area contributed by atoms with Crippen LogP contribution in [0.2, 0.25) is 0 Å². The van der Waals surface area contributed by atoms with Gasteiger partial charge in [0.15, 0.2) is 0 Å². The second-order valence-corrected chi connectivity index (χ2v) is 4.42. The van der Waals surface area contributed by atoms with Crippen molar-refractivity contribution in [1.29, 1.82) is 0 Å². The van der Waals surface area contributed by atoms with Gasteiger partial charge in [-0.05, 0) is 20.8 Å². The van der Waals surface area contributed by atoms with Crippen LogP contribution in [0.15, 0.2) is 0 Å². The van der Waals surface area contributed by atoms with Crippen LogP contribution in [0.1, 0.15) is 27.2 Å². The van der Waals surface area contributed by atoms with Crippen LogP contribution >= 0.6 is 0 Å². The highest BCUT2D eigenvalue weighted by molar-refractivity contribution is 5.81. The van der Waals surface area contributed by atoms with E-state index in [1.165, 1.54) is 0 Å². The van der Waals surface area contributed by atoms with Crippen LogP contribution < -0.4 is 5.32 Å². The van der Waals surface area contributed by atoms with E-state index in [9.17, 15) is 14.7 Å². The maximum atomic E-state index is 10.9. The Labute approximate surface area is 99.7 Å². The van der Waals surface area contributed by atoms with Crippen LogP contribution in [-0.4, -0.2) is 47.3 Å². The Morgan fingerprint density at radius 3 is 2.24 bits per heavy atom. The second kappa shape index (κ2) is 6.53. The topological polar surface area (TPSA) is 105 Å². The molecule has 17 heavy (non-hydrogen) atoms. The summed E-state index contributed by atoms with van der Waals surface area (Å²) in [5.74, 6) is -1.96. The van der Waals surface area contributed by atoms with E-state index < -0.39 is 36.4 Å². The summed E-state index contributed by atoms with van der Waals surface area (Å²) in [5.41, 5.74) is -0.638. The number of carbonyl (C=O) groups is 2. The molecule has 7 heteroatoms. The van der Waals surface area contributed by atoms with Crippen molar-refractivity contribution in [2.75, 3.05) is 7.11 Å². The quantitative estimate of drug-likeness (QED) is 0.437. The molecule has 7 nitrogen and oxygen atoms in total. The first-order valence-corrected chi connectivity index (χ1v) is 5.07. The minimum absolute atomic E-state index is 0.392. The molecule has 100 valence electrons. The third-order valence-electron chi connectivity index (χ3n) is 1.71. The van der Waals surface area contributed by atoms with Crippen molar-refractivity contribution >= 4 is 11.9 Å². The number of carbonyl (C=O) groups excluding carboxylic acids is 1. The van der Waals surface area contributed by atoms with E-state index in [-0.39, 0.29) is 0 Å². The first-order valence-electron chi connectivity index (χ1n) is 5.07. The lowest BCUT2D eigenvalue weighted by Gasteiger charge is -2.26. The molecule has 0 aliphatic carbocycles. The molecule has 0 aromatic carbocycles. The number of rotatable bonds is 6. The summed E-state index contributed by atoms with van der Waals surface area (Å²) in [4.78, 5) is 21.8. The Balaban J connectivity index is 4.35. The number of hydrogen-bond acceptors (Lipinski definition) is 6. The van der Waals surface area contributed by atoms with Crippen LogP contribution in [-0.2, 0) is 19.1 Å². The molecule has 0 bridgehead atoms. The lowest BCUT2D eigenvalue weighted by Crippen LogP contribution is -2.48. The molecule has 2 atom stereocenters. The van der Waals surface area contributed by atoms with Gasteiger partial charge in [0.2, 0.25) is 6.41 Å². The van der Waals surface area contributed by atoms with Crippen molar-refractivity contribution in [3.05, 3.63) is 0 Å². The van der Waals surface area contributed by atoms with Crippen LogP contribution in [0.4, 0.5) is 0 Å². The van der Waals surface area contributed by atoms with E-state index in [0.717, 1.165) is 7.11 Å². The first-order chi connectivity index (χ1) is 7.65. The highest BCUT2D eigenvalue weighted by Crippen LogP contribution is 2.09. The number of carboxylic acids is 1. The molecule has 0 radical (unpaired) electrons. The van der Waals surface area contributed by atoms with E-state index in [0.29, 0.717) is 0 Å². The van der Waals surface area contributed by atoms with Crippen molar-refractivity contribution < 1.29 is 29.3 Å². The van der Waals surface area contributed by atoms with E-state index >= 15 is 0 Å². The minimum atomic E-state index is -1.47. The van der Waals surface area contributed by atoms with Crippen LogP contribution in [0.25, 0.3) is 0 Å². The molecule has 0 amide bonds. The molecule has 0 fully saturated rings. The molecular weight excluding hydrogens is 230 g/mol. The van der Waals surface area contributed by atoms with E-state index in [1.54, 1.807) is 20.8 Å². The SMILES string of the molecule is COC(=O)C[C@H](NC(O)OC(C)(C)C)C(=O)O. The highest BCUT2D eigenvalue weighted by Gasteiger charge is 2.26. The van der Waals surface area contributed by atoms with Gasteiger partial charge < -0.3 is 19.7 Å². The van der Waals surface area contributed by atoms with Gasteiger partial charge in [0.05, 0.1) is 19.1 Å². The van der Waals surface area contributed by atoms with Gasteiger partial charge in [-0.3, -0.25) is 14.9 Å². The largest absolute Gasteiger partial charge is 0.480 e. The van der Waals surface area contributed by atoms with Crippen molar-refractivity contribution in [2.45, 2.75) is 45.2 Å². The van der Waals surface area contributed by atoms with Gasteiger partial charge in [-0.1, -0.05) is 0 Å². The molecule has 0 aliphatic rings. The molecule has 3 N–H and O–H groups in total. The molecule has 0 spiro atoms. The van der Waals surface area contributed by atoms with Gasteiger partial charge in [0, 0.05) is 0 Å². The summed E-state index contributed by atoms with van der Waals surface area (Å²) >= 11 is 0. The number of aliphatic hydroxyl groups excluding tert-OH is 1. The van der Waals surface area contributed by atoms with E-state index in [2.05, 4.69) is 10.1 Å². The molecule has 0 rings (SSSR count). The lowest BCUT2D eigenvalue weighted by molar-refractivity contribution is -0.190. The zero-order chi connectivity index (χ0) is 13.6. The fourth-order valence-electron chi connectivity index (χ4n) is 1.01. The van der Waals surface area contributed by atoms with Gasteiger partial charge in [0.25, 0.3) is 0 Å². The molecule has 0 aromatic heterocycles. The number of aliphatic carboxylic acids is 1. The van der Waals surface area contributed by atoms with Gasteiger partial charge in [0.1, 0.15) is 6.04 Å². The maximum absolute atomic E-state index is 10.9. The molecule has 1 unspecified atom stereocenters. The summed E-state index contributed by atoms with van der Waals surface area (Å²) in [6, 6.07) is -1.26. The summed E-state index contributed by atoms with van der Waals surface area (Å²) in [6.07, 6.45) is -1.86. The van der Waals surface area contributed by atoms with Gasteiger partial charge in [-0.15, -0.1) is 0 Å². The van der Waals surface area contributed by atoms with E-state index in [4.69, 9.17) is 9.84 Å². The van der Waals surface area contributed by atoms with Crippen molar-refractivity contribution in [3.63, 3.8) is 0 Å². The molecule has 0 saturated carbocycles. The Morgan fingerprint density at radius 2 is 1.88 bits per heavy atom. The van der Waals surface area contributed by atoms with Crippen molar-refractivity contribution in [1.82, 2.24) is 5.32 Å². The molecule has 0 aliphatic heterocycles. The molecular formula is C10H19NO6. The zero-order valence-electron chi connectivity index (χ0n) is 10.4.